The molecule has 1 heterocycles. The Kier molecular flexibility index (Phi) is 8.47. The summed E-state index contributed by atoms with van der Waals surface area (Å²) in [6.45, 7) is 7.00. The van der Waals surface area contributed by atoms with Crippen molar-refractivity contribution in [3.8, 4) is 0 Å². The normalized spacial score (nSPS) is 21.8. The molecule has 1 saturated carbocycles. The number of benzene rings is 2. The molecule has 1 aromatic heterocycles. The van der Waals surface area contributed by atoms with E-state index in [1.165, 1.54) is 6.42 Å². The van der Waals surface area contributed by atoms with Crippen LogP contribution in [0.25, 0.3) is 10.9 Å². The van der Waals surface area contributed by atoms with E-state index in [1.54, 1.807) is 0 Å². The summed E-state index contributed by atoms with van der Waals surface area (Å²) >= 11 is 0. The number of carbonyl (C=O) groups is 2. The molecular formula is C30H40N4O2. The highest BCUT2D eigenvalue weighted by molar-refractivity contribution is 5.86. The Balaban J connectivity index is 1.43. The molecule has 3 aromatic rings. The zero-order valence-electron chi connectivity index (χ0n) is 21.7. The van der Waals surface area contributed by atoms with Gasteiger partial charge in [-0.3, -0.25) is 9.59 Å². The van der Waals surface area contributed by atoms with E-state index in [4.69, 9.17) is 5.73 Å². The van der Waals surface area contributed by atoms with Gasteiger partial charge < -0.3 is 21.4 Å². The van der Waals surface area contributed by atoms with Gasteiger partial charge in [-0.1, -0.05) is 75.7 Å². The van der Waals surface area contributed by atoms with Gasteiger partial charge in [-0.05, 0) is 54.2 Å². The van der Waals surface area contributed by atoms with Crippen molar-refractivity contribution < 1.29 is 9.59 Å². The molecule has 4 rings (SSSR count). The summed E-state index contributed by atoms with van der Waals surface area (Å²) in [6.07, 6.45) is 5.55. The molecule has 5 atom stereocenters. The smallest absolute Gasteiger partial charge is 0.237 e. The minimum absolute atomic E-state index is 0.0185. The number of para-hydroxylation sites is 1. The standard InChI is InChI=1S/C30H40N4O2/c1-19(2)23-14-13-20(3)15-25(23)29(35)33-18-28(21-9-5-4-6-10-21)34-30(36)26(31)16-22-17-32-27-12-8-7-11-24(22)27/h4-12,17,19-20,23,25-26,28,32H,13-16,18,31H2,1-3H3,(H,33,35)(H,34,36)/t20-,23+,25-,26?,28?/m1/s1. The van der Waals surface area contributed by atoms with Gasteiger partial charge in [0.15, 0.2) is 0 Å². The molecule has 2 aromatic carbocycles. The second-order valence-corrected chi connectivity index (χ2v) is 10.8. The number of fused-ring (bicyclic) bond motifs is 1. The van der Waals surface area contributed by atoms with E-state index in [9.17, 15) is 9.59 Å². The Morgan fingerprint density at radius 1 is 1.06 bits per heavy atom. The van der Waals surface area contributed by atoms with Gasteiger partial charge in [0.25, 0.3) is 0 Å². The van der Waals surface area contributed by atoms with Crippen molar-refractivity contribution in [2.75, 3.05) is 6.54 Å². The number of H-pyrrole nitrogens is 1. The van der Waals surface area contributed by atoms with Crippen LogP contribution in [-0.4, -0.2) is 29.4 Å². The predicted octanol–water partition coefficient (Wildman–Crippen LogP) is 4.72. The maximum absolute atomic E-state index is 13.3. The van der Waals surface area contributed by atoms with Crippen LogP contribution in [0, 0.1) is 23.7 Å². The lowest BCUT2D eigenvalue weighted by molar-refractivity contribution is -0.130. The summed E-state index contributed by atoms with van der Waals surface area (Å²) in [4.78, 5) is 29.7. The lowest BCUT2D eigenvalue weighted by Crippen LogP contribution is -2.47. The number of aromatic amines is 1. The summed E-state index contributed by atoms with van der Waals surface area (Å²) < 4.78 is 0. The van der Waals surface area contributed by atoms with Gasteiger partial charge in [0, 0.05) is 29.6 Å². The Morgan fingerprint density at radius 2 is 1.78 bits per heavy atom. The number of nitrogens with one attached hydrogen (secondary N) is 3. The first-order chi connectivity index (χ1) is 17.3. The molecule has 36 heavy (non-hydrogen) atoms. The van der Waals surface area contributed by atoms with Crippen LogP contribution < -0.4 is 16.4 Å². The molecule has 1 fully saturated rings. The molecule has 2 unspecified atom stereocenters. The molecule has 0 radical (unpaired) electrons. The van der Waals surface area contributed by atoms with Gasteiger partial charge in [-0.25, -0.2) is 0 Å². The average Bonchev–Trinajstić information content (AvgIpc) is 3.29. The van der Waals surface area contributed by atoms with Gasteiger partial charge in [0.05, 0.1) is 12.1 Å². The van der Waals surface area contributed by atoms with Crippen LogP contribution in [0.5, 0.6) is 0 Å². The molecular weight excluding hydrogens is 448 g/mol. The fraction of sp³-hybridized carbons (Fsp3) is 0.467. The fourth-order valence-electron chi connectivity index (χ4n) is 5.68. The van der Waals surface area contributed by atoms with Crippen LogP contribution >= 0.6 is 0 Å². The third-order valence-corrected chi connectivity index (χ3v) is 7.81. The highest BCUT2D eigenvalue weighted by atomic mass is 16.2. The van der Waals surface area contributed by atoms with Crippen LogP contribution in [0.2, 0.25) is 0 Å². The van der Waals surface area contributed by atoms with Crippen LogP contribution in [0.4, 0.5) is 0 Å². The first-order valence-corrected chi connectivity index (χ1v) is 13.3. The van der Waals surface area contributed by atoms with Gasteiger partial charge in [0.1, 0.15) is 0 Å². The number of hydrogen-bond acceptors (Lipinski definition) is 3. The van der Waals surface area contributed by atoms with Gasteiger partial charge in [-0.15, -0.1) is 0 Å². The molecule has 0 bridgehead atoms. The molecule has 0 spiro atoms. The van der Waals surface area contributed by atoms with Crippen LogP contribution in [0.1, 0.15) is 57.2 Å². The third kappa shape index (κ3) is 6.16. The van der Waals surface area contributed by atoms with E-state index in [0.29, 0.717) is 30.7 Å². The lowest BCUT2D eigenvalue weighted by Gasteiger charge is -2.36. The molecule has 192 valence electrons. The Bertz CT molecular complexity index is 1160. The summed E-state index contributed by atoms with van der Waals surface area (Å²) in [6, 6.07) is 16.7. The molecule has 0 aliphatic heterocycles. The van der Waals surface area contributed by atoms with Crippen molar-refractivity contribution >= 4 is 22.7 Å². The second kappa shape index (κ2) is 11.7. The zero-order chi connectivity index (χ0) is 25.7. The van der Waals surface area contributed by atoms with Crippen molar-refractivity contribution in [3.63, 3.8) is 0 Å². The van der Waals surface area contributed by atoms with Crippen LogP contribution in [0.15, 0.2) is 60.8 Å². The number of amides is 2. The van der Waals surface area contributed by atoms with Gasteiger partial charge in [-0.2, -0.15) is 0 Å². The summed E-state index contributed by atoms with van der Waals surface area (Å²) in [5.74, 6) is 1.32. The fourth-order valence-corrected chi connectivity index (χ4v) is 5.68. The largest absolute Gasteiger partial charge is 0.361 e. The molecule has 1 aliphatic carbocycles. The van der Waals surface area contributed by atoms with E-state index in [2.05, 4.69) is 36.4 Å². The van der Waals surface area contributed by atoms with Crippen molar-refractivity contribution in [2.24, 2.45) is 29.4 Å². The van der Waals surface area contributed by atoms with Crippen LogP contribution in [-0.2, 0) is 16.0 Å². The Labute approximate surface area is 214 Å². The molecule has 0 saturated heterocycles. The Morgan fingerprint density at radius 3 is 2.53 bits per heavy atom. The van der Waals surface area contributed by atoms with Crippen molar-refractivity contribution in [1.82, 2.24) is 15.6 Å². The van der Waals surface area contributed by atoms with Crippen molar-refractivity contribution in [3.05, 3.63) is 71.9 Å². The maximum atomic E-state index is 13.3. The van der Waals surface area contributed by atoms with E-state index >= 15 is 0 Å². The molecule has 1 aliphatic rings. The van der Waals surface area contributed by atoms with Gasteiger partial charge in [0.2, 0.25) is 11.8 Å². The predicted molar refractivity (Wildman–Crippen MR) is 145 cm³/mol. The summed E-state index contributed by atoms with van der Waals surface area (Å²) in [5.41, 5.74) is 9.35. The Hall–Kier alpha value is -3.12. The number of rotatable bonds is 9. The average molecular weight is 489 g/mol. The number of aromatic nitrogens is 1. The number of nitrogens with two attached hydrogens (primary N) is 1. The molecule has 6 nitrogen and oxygen atoms in total. The molecule has 6 heteroatoms. The monoisotopic (exact) mass is 488 g/mol. The topological polar surface area (TPSA) is 100 Å². The van der Waals surface area contributed by atoms with E-state index in [-0.39, 0.29) is 23.8 Å². The highest BCUT2D eigenvalue weighted by Crippen LogP contribution is 2.38. The zero-order valence-corrected chi connectivity index (χ0v) is 21.7. The quantitative estimate of drug-likeness (QED) is 0.351. The minimum atomic E-state index is -0.698. The highest BCUT2D eigenvalue weighted by Gasteiger charge is 2.35. The second-order valence-electron chi connectivity index (χ2n) is 10.8. The molecule has 5 N–H and O–H groups in total. The summed E-state index contributed by atoms with van der Waals surface area (Å²) in [5, 5.41) is 7.35. The van der Waals surface area contributed by atoms with E-state index in [1.807, 2.05) is 60.8 Å². The number of carbonyl (C=O) groups excluding carboxylic acids is 2. The van der Waals surface area contributed by atoms with E-state index in [0.717, 1.165) is 34.9 Å². The summed E-state index contributed by atoms with van der Waals surface area (Å²) in [7, 11) is 0. The maximum Gasteiger partial charge on any atom is 0.237 e. The first kappa shape index (κ1) is 26.0. The van der Waals surface area contributed by atoms with E-state index < -0.39 is 6.04 Å². The van der Waals surface area contributed by atoms with Crippen LogP contribution in [0.3, 0.4) is 0 Å². The lowest BCUT2D eigenvalue weighted by atomic mass is 9.70. The third-order valence-electron chi connectivity index (χ3n) is 7.81. The number of hydrogen-bond donors (Lipinski definition) is 4. The van der Waals surface area contributed by atoms with Crippen molar-refractivity contribution in [1.29, 1.82) is 0 Å². The van der Waals surface area contributed by atoms with Crippen molar-refractivity contribution in [2.45, 2.75) is 58.5 Å². The van der Waals surface area contributed by atoms with Gasteiger partial charge >= 0.3 is 0 Å². The minimum Gasteiger partial charge on any atom is -0.361 e. The SMILES string of the molecule is CC(C)[C@@H]1CC[C@@H](C)C[C@H]1C(=O)NCC(NC(=O)C(N)Cc1c[nH]c2ccccc12)c1ccccc1. The first-order valence-electron chi connectivity index (χ1n) is 13.3. The molecule has 2 amide bonds.